The lowest BCUT2D eigenvalue weighted by Gasteiger charge is -2.00. The highest BCUT2D eigenvalue weighted by molar-refractivity contribution is 6.06. The Hall–Kier alpha value is -3.14. The SMILES string of the molecule is COc1ccc(C(=O)C=Cc2coc3ccccc3c2=O)cc1. The van der Waals surface area contributed by atoms with E-state index in [0.29, 0.717) is 27.8 Å². The molecule has 1 heterocycles. The number of ether oxygens (including phenoxy) is 1. The minimum atomic E-state index is -0.194. The molecule has 0 fully saturated rings. The predicted molar refractivity (Wildman–Crippen MR) is 88.8 cm³/mol. The molecule has 0 radical (unpaired) electrons. The largest absolute Gasteiger partial charge is 0.497 e. The number of carbonyl (C=O) groups is 1. The molecule has 3 rings (SSSR count). The van der Waals surface area contributed by atoms with Crippen molar-refractivity contribution in [3.63, 3.8) is 0 Å². The van der Waals surface area contributed by atoms with E-state index in [2.05, 4.69) is 0 Å². The summed E-state index contributed by atoms with van der Waals surface area (Å²) < 4.78 is 10.5. The van der Waals surface area contributed by atoms with Crippen molar-refractivity contribution in [2.45, 2.75) is 0 Å². The van der Waals surface area contributed by atoms with Gasteiger partial charge >= 0.3 is 0 Å². The smallest absolute Gasteiger partial charge is 0.199 e. The second kappa shape index (κ2) is 6.32. The van der Waals surface area contributed by atoms with Crippen LogP contribution in [0.4, 0.5) is 0 Å². The van der Waals surface area contributed by atoms with E-state index in [4.69, 9.17) is 9.15 Å². The number of benzene rings is 2. The standard InChI is InChI=1S/C19H14O4/c1-22-15-9-6-13(7-10-15)17(20)11-8-14-12-23-18-5-3-2-4-16(18)19(14)21/h2-12H,1H3. The maximum Gasteiger partial charge on any atom is 0.199 e. The molecule has 23 heavy (non-hydrogen) atoms. The molecule has 114 valence electrons. The maximum atomic E-state index is 12.3. The van der Waals surface area contributed by atoms with Crippen LogP contribution in [-0.4, -0.2) is 12.9 Å². The molecular formula is C19H14O4. The molecule has 4 heteroatoms. The van der Waals surface area contributed by atoms with Crippen molar-refractivity contribution in [2.75, 3.05) is 7.11 Å². The molecule has 4 nitrogen and oxygen atoms in total. The molecule has 3 aromatic rings. The van der Waals surface area contributed by atoms with E-state index < -0.39 is 0 Å². The molecule has 0 bridgehead atoms. The van der Waals surface area contributed by atoms with Crippen LogP contribution in [0.1, 0.15) is 15.9 Å². The van der Waals surface area contributed by atoms with Gasteiger partial charge in [0.1, 0.15) is 17.6 Å². The third kappa shape index (κ3) is 3.06. The van der Waals surface area contributed by atoms with Crippen LogP contribution >= 0.6 is 0 Å². The Bertz CT molecular complexity index is 933. The van der Waals surface area contributed by atoms with Crippen molar-refractivity contribution in [2.24, 2.45) is 0 Å². The van der Waals surface area contributed by atoms with Gasteiger partial charge in [-0.25, -0.2) is 0 Å². The van der Waals surface area contributed by atoms with Crippen LogP contribution in [0, 0.1) is 0 Å². The quantitative estimate of drug-likeness (QED) is 0.545. The van der Waals surface area contributed by atoms with Gasteiger partial charge in [-0.15, -0.1) is 0 Å². The van der Waals surface area contributed by atoms with Gasteiger partial charge in [0, 0.05) is 5.56 Å². The molecule has 0 N–H and O–H groups in total. The summed E-state index contributed by atoms with van der Waals surface area (Å²) >= 11 is 0. The molecular weight excluding hydrogens is 292 g/mol. The summed E-state index contributed by atoms with van der Waals surface area (Å²) in [5.74, 6) is 0.487. The zero-order valence-electron chi connectivity index (χ0n) is 12.5. The summed E-state index contributed by atoms with van der Waals surface area (Å²) in [7, 11) is 1.57. The Morgan fingerprint density at radius 3 is 2.57 bits per heavy atom. The zero-order valence-corrected chi connectivity index (χ0v) is 12.5. The van der Waals surface area contributed by atoms with Crippen LogP contribution in [-0.2, 0) is 0 Å². The summed E-state index contributed by atoms with van der Waals surface area (Å²) in [5, 5.41) is 0.492. The minimum absolute atomic E-state index is 0.161. The summed E-state index contributed by atoms with van der Waals surface area (Å²) in [6.07, 6.45) is 4.20. The Morgan fingerprint density at radius 2 is 1.83 bits per heavy atom. The van der Waals surface area contributed by atoms with E-state index in [1.165, 1.54) is 18.4 Å². The second-order valence-electron chi connectivity index (χ2n) is 4.94. The molecule has 0 unspecified atom stereocenters. The number of carbonyl (C=O) groups excluding carboxylic acids is 1. The van der Waals surface area contributed by atoms with E-state index in [0.717, 1.165) is 0 Å². The van der Waals surface area contributed by atoms with Crippen LogP contribution in [0.25, 0.3) is 17.0 Å². The van der Waals surface area contributed by atoms with Gasteiger partial charge in [-0.2, -0.15) is 0 Å². The van der Waals surface area contributed by atoms with Crippen molar-refractivity contribution < 1.29 is 13.9 Å². The Morgan fingerprint density at radius 1 is 1.09 bits per heavy atom. The third-order valence-electron chi connectivity index (χ3n) is 3.50. The molecule has 0 aliphatic carbocycles. The molecule has 0 spiro atoms. The fraction of sp³-hybridized carbons (Fsp3) is 0.0526. The average molecular weight is 306 g/mol. The molecule has 0 amide bonds. The van der Waals surface area contributed by atoms with Crippen LogP contribution in [0.15, 0.2) is 70.1 Å². The van der Waals surface area contributed by atoms with Gasteiger partial charge in [0.05, 0.1) is 18.1 Å². The van der Waals surface area contributed by atoms with E-state index in [1.807, 2.05) is 0 Å². The molecule has 0 aliphatic heterocycles. The van der Waals surface area contributed by atoms with Gasteiger partial charge in [0.2, 0.25) is 0 Å². The van der Waals surface area contributed by atoms with Crippen molar-refractivity contribution in [1.29, 1.82) is 0 Å². The molecule has 2 aromatic carbocycles. The first kappa shape index (κ1) is 14.8. The normalized spacial score (nSPS) is 11.0. The first-order valence-corrected chi connectivity index (χ1v) is 7.06. The average Bonchev–Trinajstić information content (AvgIpc) is 2.61. The fourth-order valence-electron chi connectivity index (χ4n) is 2.22. The van der Waals surface area contributed by atoms with E-state index in [-0.39, 0.29) is 11.2 Å². The number of allylic oxidation sites excluding steroid dienone is 1. The molecule has 0 atom stereocenters. The van der Waals surface area contributed by atoms with Crippen LogP contribution in [0.2, 0.25) is 0 Å². The third-order valence-corrected chi connectivity index (χ3v) is 3.50. The van der Waals surface area contributed by atoms with Crippen molar-refractivity contribution in [1.82, 2.24) is 0 Å². The molecule has 0 aliphatic rings. The topological polar surface area (TPSA) is 56.5 Å². The van der Waals surface area contributed by atoms with Crippen molar-refractivity contribution in [3.05, 3.63) is 82.2 Å². The lowest BCUT2D eigenvalue weighted by atomic mass is 10.1. The van der Waals surface area contributed by atoms with Crippen LogP contribution in [0.3, 0.4) is 0 Å². The van der Waals surface area contributed by atoms with Gasteiger partial charge in [0.25, 0.3) is 0 Å². The predicted octanol–water partition coefficient (Wildman–Crippen LogP) is 3.70. The van der Waals surface area contributed by atoms with Crippen molar-refractivity contribution >= 4 is 22.8 Å². The number of para-hydroxylation sites is 1. The van der Waals surface area contributed by atoms with Gasteiger partial charge in [-0.3, -0.25) is 9.59 Å². The van der Waals surface area contributed by atoms with Gasteiger partial charge in [-0.1, -0.05) is 12.1 Å². The second-order valence-corrected chi connectivity index (χ2v) is 4.94. The lowest BCUT2D eigenvalue weighted by Crippen LogP contribution is -2.05. The molecule has 1 aromatic heterocycles. The van der Waals surface area contributed by atoms with E-state index >= 15 is 0 Å². The highest BCUT2D eigenvalue weighted by Crippen LogP contribution is 2.14. The van der Waals surface area contributed by atoms with Gasteiger partial charge in [0.15, 0.2) is 11.2 Å². The van der Waals surface area contributed by atoms with Gasteiger partial charge < -0.3 is 9.15 Å². The Balaban J connectivity index is 1.88. The first-order valence-electron chi connectivity index (χ1n) is 7.06. The first-order chi connectivity index (χ1) is 11.2. The Labute approximate surface area is 132 Å². The number of ketones is 1. The van der Waals surface area contributed by atoms with E-state index in [1.54, 1.807) is 55.6 Å². The van der Waals surface area contributed by atoms with Gasteiger partial charge in [-0.05, 0) is 48.6 Å². The number of rotatable bonds is 4. The summed E-state index contributed by atoms with van der Waals surface area (Å²) in [6.45, 7) is 0. The highest BCUT2D eigenvalue weighted by Gasteiger charge is 2.06. The number of hydrogen-bond donors (Lipinski definition) is 0. The highest BCUT2D eigenvalue weighted by atomic mass is 16.5. The monoisotopic (exact) mass is 306 g/mol. The number of methoxy groups -OCH3 is 1. The zero-order chi connectivity index (χ0) is 16.2. The van der Waals surface area contributed by atoms with E-state index in [9.17, 15) is 9.59 Å². The van der Waals surface area contributed by atoms with Crippen LogP contribution < -0.4 is 10.2 Å². The van der Waals surface area contributed by atoms with Crippen LogP contribution in [0.5, 0.6) is 5.75 Å². The lowest BCUT2D eigenvalue weighted by molar-refractivity contribution is 0.104. The Kier molecular flexibility index (Phi) is 4.06. The molecule has 0 saturated heterocycles. The summed E-state index contributed by atoms with van der Waals surface area (Å²) in [6, 6.07) is 13.8. The molecule has 0 saturated carbocycles. The fourth-order valence-corrected chi connectivity index (χ4v) is 2.22. The summed E-state index contributed by atoms with van der Waals surface area (Å²) in [5.41, 5.74) is 1.22. The summed E-state index contributed by atoms with van der Waals surface area (Å²) in [4.78, 5) is 24.5. The minimum Gasteiger partial charge on any atom is -0.497 e. The maximum absolute atomic E-state index is 12.3. The number of hydrogen-bond acceptors (Lipinski definition) is 4. The van der Waals surface area contributed by atoms with Crippen molar-refractivity contribution in [3.8, 4) is 5.75 Å². The number of fused-ring (bicyclic) bond motifs is 1.